The third-order valence-electron chi connectivity index (χ3n) is 3.88. The van der Waals surface area contributed by atoms with Crippen LogP contribution in [0.4, 0.5) is 0 Å². The molecule has 0 aromatic heterocycles. The van der Waals surface area contributed by atoms with Gasteiger partial charge in [-0.1, -0.05) is 17.7 Å². The Bertz CT molecular complexity index is 552. The standard InChI is InChI=1S/C15H25N3O3S/c1-14-2-4-15(5-3-14)22(20,21)18-11-9-17(10-12-18)8-6-16-7-13-19/h2-5,16,19H,6-13H2,1H3. The molecule has 7 heteroatoms. The minimum absolute atomic E-state index is 0.141. The Labute approximate surface area is 132 Å². The molecule has 0 saturated carbocycles. The fourth-order valence-corrected chi connectivity index (χ4v) is 3.92. The summed E-state index contributed by atoms with van der Waals surface area (Å²) in [6.07, 6.45) is 0. The number of rotatable bonds is 7. The van der Waals surface area contributed by atoms with Crippen LogP contribution in [0, 0.1) is 6.92 Å². The predicted octanol–water partition coefficient (Wildman–Crippen LogP) is -0.117. The van der Waals surface area contributed by atoms with Crippen molar-refractivity contribution in [3.63, 3.8) is 0 Å². The number of benzene rings is 1. The van der Waals surface area contributed by atoms with Gasteiger partial charge in [0.1, 0.15) is 0 Å². The zero-order valence-corrected chi connectivity index (χ0v) is 13.8. The van der Waals surface area contributed by atoms with Crippen LogP contribution in [0.3, 0.4) is 0 Å². The highest BCUT2D eigenvalue weighted by atomic mass is 32.2. The maximum atomic E-state index is 12.6. The Morgan fingerprint density at radius 3 is 2.32 bits per heavy atom. The molecule has 0 radical (unpaired) electrons. The minimum Gasteiger partial charge on any atom is -0.395 e. The molecule has 0 spiro atoms. The first kappa shape index (κ1) is 17.4. The van der Waals surface area contributed by atoms with E-state index in [2.05, 4.69) is 10.2 Å². The molecule has 1 fully saturated rings. The third kappa shape index (κ3) is 4.50. The second-order valence-electron chi connectivity index (χ2n) is 5.53. The first-order valence-electron chi connectivity index (χ1n) is 7.65. The summed E-state index contributed by atoms with van der Waals surface area (Å²) in [7, 11) is -3.37. The Morgan fingerprint density at radius 1 is 1.09 bits per heavy atom. The van der Waals surface area contributed by atoms with E-state index in [9.17, 15) is 8.42 Å². The van der Waals surface area contributed by atoms with Crippen molar-refractivity contribution in [3.8, 4) is 0 Å². The van der Waals surface area contributed by atoms with Crippen LogP contribution in [-0.4, -0.2) is 75.1 Å². The number of aryl methyl sites for hydroxylation is 1. The zero-order valence-electron chi connectivity index (χ0n) is 13.0. The third-order valence-corrected chi connectivity index (χ3v) is 5.80. The fourth-order valence-electron chi connectivity index (χ4n) is 2.49. The number of nitrogens with one attached hydrogen (secondary N) is 1. The lowest BCUT2D eigenvalue weighted by atomic mass is 10.2. The lowest BCUT2D eigenvalue weighted by Crippen LogP contribution is -2.50. The second-order valence-corrected chi connectivity index (χ2v) is 7.47. The van der Waals surface area contributed by atoms with E-state index in [0.29, 0.717) is 24.5 Å². The monoisotopic (exact) mass is 327 g/mol. The van der Waals surface area contributed by atoms with Crippen molar-refractivity contribution >= 4 is 10.0 Å². The SMILES string of the molecule is Cc1ccc(S(=O)(=O)N2CCN(CCNCCO)CC2)cc1. The van der Waals surface area contributed by atoms with E-state index >= 15 is 0 Å². The number of aliphatic hydroxyl groups is 1. The number of hydrogen-bond acceptors (Lipinski definition) is 5. The van der Waals surface area contributed by atoms with Gasteiger partial charge in [-0.05, 0) is 19.1 Å². The number of hydrogen-bond donors (Lipinski definition) is 2. The van der Waals surface area contributed by atoms with Gasteiger partial charge < -0.3 is 10.4 Å². The zero-order chi connectivity index (χ0) is 16.0. The van der Waals surface area contributed by atoms with Crippen molar-refractivity contribution in [2.24, 2.45) is 0 Å². The highest BCUT2D eigenvalue weighted by Crippen LogP contribution is 2.17. The summed E-state index contributed by atoms with van der Waals surface area (Å²) < 4.78 is 26.7. The van der Waals surface area contributed by atoms with Crippen LogP contribution in [-0.2, 0) is 10.0 Å². The van der Waals surface area contributed by atoms with Crippen molar-refractivity contribution < 1.29 is 13.5 Å². The van der Waals surface area contributed by atoms with E-state index in [1.807, 2.05) is 19.1 Å². The van der Waals surface area contributed by atoms with E-state index in [1.165, 1.54) is 0 Å². The molecule has 0 atom stereocenters. The van der Waals surface area contributed by atoms with E-state index in [0.717, 1.165) is 31.7 Å². The quantitative estimate of drug-likeness (QED) is 0.683. The molecule has 1 aliphatic heterocycles. The molecule has 0 amide bonds. The van der Waals surface area contributed by atoms with Crippen LogP contribution >= 0.6 is 0 Å². The first-order chi connectivity index (χ1) is 10.5. The molecule has 0 unspecified atom stereocenters. The maximum Gasteiger partial charge on any atom is 0.243 e. The summed E-state index contributed by atoms with van der Waals surface area (Å²) in [4.78, 5) is 2.61. The van der Waals surface area contributed by atoms with Gasteiger partial charge in [-0.15, -0.1) is 0 Å². The molecule has 1 aromatic carbocycles. The molecular weight excluding hydrogens is 302 g/mol. The van der Waals surface area contributed by atoms with Crippen molar-refractivity contribution in [1.29, 1.82) is 0 Å². The van der Waals surface area contributed by atoms with Gasteiger partial charge in [-0.2, -0.15) is 4.31 Å². The summed E-state index contributed by atoms with van der Waals surface area (Å²) in [5.74, 6) is 0. The van der Waals surface area contributed by atoms with Gasteiger partial charge in [-0.25, -0.2) is 8.42 Å². The van der Waals surface area contributed by atoms with Crippen molar-refractivity contribution in [3.05, 3.63) is 29.8 Å². The number of sulfonamides is 1. The summed E-state index contributed by atoms with van der Waals surface area (Å²) in [5, 5.41) is 11.8. The topological polar surface area (TPSA) is 72.9 Å². The van der Waals surface area contributed by atoms with Gasteiger partial charge in [0.15, 0.2) is 0 Å². The van der Waals surface area contributed by atoms with Gasteiger partial charge in [0.2, 0.25) is 10.0 Å². The molecular formula is C15H25N3O3S. The largest absolute Gasteiger partial charge is 0.395 e. The van der Waals surface area contributed by atoms with Crippen LogP contribution in [0.5, 0.6) is 0 Å². The Balaban J connectivity index is 1.86. The lowest BCUT2D eigenvalue weighted by molar-refractivity contribution is 0.187. The molecule has 22 heavy (non-hydrogen) atoms. The van der Waals surface area contributed by atoms with Crippen molar-refractivity contribution in [1.82, 2.24) is 14.5 Å². The predicted molar refractivity (Wildman–Crippen MR) is 86.3 cm³/mol. The normalized spacial score (nSPS) is 17.7. The van der Waals surface area contributed by atoms with E-state index in [1.54, 1.807) is 16.4 Å². The summed E-state index contributed by atoms with van der Waals surface area (Å²) in [6.45, 7) is 6.90. The molecule has 0 aliphatic carbocycles. The highest BCUT2D eigenvalue weighted by Gasteiger charge is 2.28. The van der Waals surface area contributed by atoms with E-state index < -0.39 is 10.0 Å². The minimum atomic E-state index is -3.37. The Hall–Kier alpha value is -0.990. The molecule has 1 saturated heterocycles. The fraction of sp³-hybridized carbons (Fsp3) is 0.600. The van der Waals surface area contributed by atoms with Gasteiger partial charge in [0, 0.05) is 45.8 Å². The van der Waals surface area contributed by atoms with E-state index in [-0.39, 0.29) is 6.61 Å². The lowest BCUT2D eigenvalue weighted by Gasteiger charge is -2.34. The average molecular weight is 327 g/mol. The van der Waals surface area contributed by atoms with Crippen LogP contribution in [0.2, 0.25) is 0 Å². The number of aliphatic hydroxyl groups excluding tert-OH is 1. The molecule has 1 heterocycles. The highest BCUT2D eigenvalue weighted by molar-refractivity contribution is 7.89. The Kier molecular flexibility index (Phi) is 6.34. The first-order valence-corrected chi connectivity index (χ1v) is 9.09. The Morgan fingerprint density at radius 2 is 1.73 bits per heavy atom. The second kappa shape index (κ2) is 8.03. The van der Waals surface area contributed by atoms with E-state index in [4.69, 9.17) is 5.11 Å². The molecule has 1 aromatic rings. The summed E-state index contributed by atoms with van der Waals surface area (Å²) in [5.41, 5.74) is 1.05. The van der Waals surface area contributed by atoms with Crippen LogP contribution in [0.1, 0.15) is 5.56 Å². The summed E-state index contributed by atoms with van der Waals surface area (Å²) in [6, 6.07) is 7.01. The van der Waals surface area contributed by atoms with Crippen molar-refractivity contribution in [2.75, 3.05) is 52.4 Å². The molecule has 6 nitrogen and oxygen atoms in total. The van der Waals surface area contributed by atoms with Crippen molar-refractivity contribution in [2.45, 2.75) is 11.8 Å². The molecule has 0 bridgehead atoms. The van der Waals surface area contributed by atoms with Gasteiger partial charge in [0.25, 0.3) is 0 Å². The molecule has 1 aliphatic rings. The smallest absolute Gasteiger partial charge is 0.243 e. The molecule has 2 N–H and O–H groups in total. The van der Waals surface area contributed by atoms with Gasteiger partial charge in [0.05, 0.1) is 11.5 Å². The number of nitrogens with zero attached hydrogens (tertiary/aromatic N) is 2. The molecule has 2 rings (SSSR count). The number of piperazine rings is 1. The van der Waals surface area contributed by atoms with Crippen LogP contribution in [0.25, 0.3) is 0 Å². The maximum absolute atomic E-state index is 12.6. The summed E-state index contributed by atoms with van der Waals surface area (Å²) >= 11 is 0. The average Bonchev–Trinajstić information content (AvgIpc) is 2.52. The van der Waals surface area contributed by atoms with Crippen LogP contribution in [0.15, 0.2) is 29.2 Å². The van der Waals surface area contributed by atoms with Crippen LogP contribution < -0.4 is 5.32 Å². The van der Waals surface area contributed by atoms with Gasteiger partial charge >= 0.3 is 0 Å². The molecule has 124 valence electrons. The van der Waals surface area contributed by atoms with Gasteiger partial charge in [-0.3, -0.25) is 4.90 Å².